The van der Waals surface area contributed by atoms with Gasteiger partial charge in [0.25, 0.3) is 10.9 Å². The second-order valence-electron chi connectivity index (χ2n) is 8.30. The summed E-state index contributed by atoms with van der Waals surface area (Å²) in [5, 5.41) is 13.8. The Kier molecular flexibility index (Phi) is 6.67. The number of unbranched alkanes of at least 4 members (excludes halogenated alkanes) is 1. The molecule has 2 aromatic rings. The zero-order valence-corrected chi connectivity index (χ0v) is 18.8. The fraction of sp³-hybridized carbons (Fsp3) is 0.714. The molecule has 1 saturated heterocycles. The van der Waals surface area contributed by atoms with Crippen LogP contribution in [0.2, 0.25) is 0 Å². The van der Waals surface area contributed by atoms with Crippen LogP contribution in [0.3, 0.4) is 0 Å². The van der Waals surface area contributed by atoms with Gasteiger partial charge in [0.05, 0.1) is 0 Å². The predicted octanol–water partition coefficient (Wildman–Crippen LogP) is 2.57. The number of nitrogens with one attached hydrogen (secondary N) is 1. The normalized spacial score (nSPS) is 18.4. The van der Waals surface area contributed by atoms with Gasteiger partial charge in [-0.05, 0) is 25.8 Å². The molecule has 1 aromatic carbocycles. The van der Waals surface area contributed by atoms with Gasteiger partial charge in [-0.1, -0.05) is 44.4 Å². The zero-order chi connectivity index (χ0) is 21.1. The molecule has 9 heteroatoms. The summed E-state index contributed by atoms with van der Waals surface area (Å²) in [6, 6.07) is 0.292. The predicted molar refractivity (Wildman–Crippen MR) is 123 cm³/mol. The van der Waals surface area contributed by atoms with Crippen molar-refractivity contribution < 1.29 is 0 Å². The number of nitrogens with zero attached hydrogens (tertiary/aromatic N) is 5. The number of aromatic nitrogens is 2. The summed E-state index contributed by atoms with van der Waals surface area (Å²) in [5.74, 6) is 0. The Bertz CT molecular complexity index is 907. The van der Waals surface area contributed by atoms with Crippen molar-refractivity contribution in [3.63, 3.8) is 0 Å². The van der Waals surface area contributed by atoms with Gasteiger partial charge in [-0.2, -0.15) is 0 Å². The van der Waals surface area contributed by atoms with E-state index in [0.29, 0.717) is 29.1 Å². The van der Waals surface area contributed by atoms with E-state index in [9.17, 15) is 9.59 Å². The summed E-state index contributed by atoms with van der Waals surface area (Å²) in [5.41, 5.74) is 0.175. The molecule has 8 nitrogen and oxygen atoms in total. The molecule has 0 radical (unpaired) electrons. The minimum Gasteiger partial charge on any atom is -0.377 e. The minimum atomic E-state index is -0.403. The van der Waals surface area contributed by atoms with Crippen molar-refractivity contribution in [3.05, 3.63) is 20.4 Å². The van der Waals surface area contributed by atoms with E-state index in [1.807, 2.05) is 4.90 Å². The second kappa shape index (κ2) is 9.43. The topological polar surface area (TPSA) is 81.7 Å². The van der Waals surface area contributed by atoms with E-state index in [2.05, 4.69) is 39.2 Å². The molecule has 2 fully saturated rings. The van der Waals surface area contributed by atoms with Crippen LogP contribution >= 0.6 is 11.3 Å². The Morgan fingerprint density at radius 3 is 2.47 bits per heavy atom. The van der Waals surface area contributed by atoms with Crippen LogP contribution < -0.4 is 26.0 Å². The van der Waals surface area contributed by atoms with Crippen LogP contribution in [-0.2, 0) is 0 Å². The van der Waals surface area contributed by atoms with Gasteiger partial charge in [-0.15, -0.1) is 10.2 Å². The lowest BCUT2D eigenvalue weighted by Gasteiger charge is -2.33. The van der Waals surface area contributed by atoms with E-state index in [1.54, 1.807) is 0 Å². The summed E-state index contributed by atoms with van der Waals surface area (Å²) >= 11 is 1.52. The van der Waals surface area contributed by atoms with Crippen LogP contribution in [0.25, 0.3) is 0 Å². The lowest BCUT2D eigenvalue weighted by atomic mass is 10.1. The largest absolute Gasteiger partial charge is 0.377 e. The number of hydrogen-bond donors (Lipinski definition) is 1. The first-order valence-electron chi connectivity index (χ1n) is 11.3. The third kappa shape index (κ3) is 4.23. The second-order valence-corrected chi connectivity index (χ2v) is 9.24. The average molecular weight is 433 g/mol. The lowest BCUT2D eigenvalue weighted by molar-refractivity contribution is 0.271. The van der Waals surface area contributed by atoms with Crippen molar-refractivity contribution in [2.24, 2.45) is 0 Å². The SMILES string of the molecule is CCCCN(c1nnc(N2CCN(CC)CC2)s1)c1c(NC2CCCC2)c(=O)c1=O. The van der Waals surface area contributed by atoms with Crippen molar-refractivity contribution in [1.29, 1.82) is 0 Å². The molecule has 2 heterocycles. The van der Waals surface area contributed by atoms with Crippen molar-refractivity contribution in [3.8, 4) is 0 Å². The first-order valence-corrected chi connectivity index (χ1v) is 12.1. The molecule has 0 atom stereocenters. The third-order valence-corrected chi connectivity index (χ3v) is 7.33. The Balaban J connectivity index is 1.55. The van der Waals surface area contributed by atoms with Gasteiger partial charge in [0, 0.05) is 38.8 Å². The van der Waals surface area contributed by atoms with Crippen molar-refractivity contribution >= 4 is 33.0 Å². The molecular formula is C21H32N6O2S. The first-order chi connectivity index (χ1) is 14.6. The Labute approximate surface area is 181 Å². The van der Waals surface area contributed by atoms with Gasteiger partial charge >= 0.3 is 0 Å². The smallest absolute Gasteiger partial charge is 0.253 e. The molecule has 1 N–H and O–H groups in total. The molecule has 0 spiro atoms. The van der Waals surface area contributed by atoms with E-state index in [1.165, 1.54) is 24.2 Å². The van der Waals surface area contributed by atoms with Gasteiger partial charge in [-0.25, -0.2) is 0 Å². The number of likely N-dealkylation sites (N-methyl/N-ethyl adjacent to an activating group) is 1. The Hall–Kier alpha value is -2.00. The quantitative estimate of drug-likeness (QED) is 0.606. The van der Waals surface area contributed by atoms with Crippen LogP contribution in [0, 0.1) is 0 Å². The molecular weight excluding hydrogens is 400 g/mol. The summed E-state index contributed by atoms with van der Waals surface area (Å²) in [6.45, 7) is 9.97. The number of rotatable bonds is 9. The lowest BCUT2D eigenvalue weighted by Crippen LogP contribution is -2.46. The van der Waals surface area contributed by atoms with Crippen molar-refractivity contribution in [2.45, 2.75) is 58.4 Å². The van der Waals surface area contributed by atoms with E-state index >= 15 is 0 Å². The van der Waals surface area contributed by atoms with Crippen molar-refractivity contribution in [2.75, 3.05) is 54.4 Å². The molecule has 1 aliphatic carbocycles. The highest BCUT2D eigenvalue weighted by Gasteiger charge is 2.31. The van der Waals surface area contributed by atoms with Gasteiger partial charge in [0.15, 0.2) is 0 Å². The minimum absolute atomic E-state index is 0.292. The molecule has 4 rings (SSSR count). The van der Waals surface area contributed by atoms with E-state index < -0.39 is 5.43 Å². The molecule has 0 amide bonds. The number of anilines is 4. The van der Waals surface area contributed by atoms with Gasteiger partial charge in [0.2, 0.25) is 10.3 Å². The molecule has 30 heavy (non-hydrogen) atoms. The molecule has 164 valence electrons. The summed E-state index contributed by atoms with van der Waals surface area (Å²) in [4.78, 5) is 31.5. The molecule has 0 unspecified atom stereocenters. The molecule has 0 bridgehead atoms. The van der Waals surface area contributed by atoms with Gasteiger partial charge in [-0.3, -0.25) is 9.59 Å². The highest BCUT2D eigenvalue weighted by atomic mass is 32.1. The highest BCUT2D eigenvalue weighted by Crippen LogP contribution is 2.35. The van der Waals surface area contributed by atoms with Crippen LogP contribution in [-0.4, -0.2) is 60.4 Å². The third-order valence-electron chi connectivity index (χ3n) is 6.32. The maximum Gasteiger partial charge on any atom is 0.253 e. The first kappa shape index (κ1) is 21.2. The van der Waals surface area contributed by atoms with Crippen LogP contribution in [0.15, 0.2) is 9.59 Å². The van der Waals surface area contributed by atoms with Crippen LogP contribution in [0.5, 0.6) is 0 Å². The van der Waals surface area contributed by atoms with Crippen molar-refractivity contribution in [1.82, 2.24) is 15.1 Å². The standard InChI is InChI=1S/C21H32N6O2S/c1-3-5-10-27(17-16(18(28)19(17)29)22-15-8-6-7-9-15)21-24-23-20(30-21)26-13-11-25(4-2)12-14-26/h15,22H,3-14H2,1-2H3. The monoisotopic (exact) mass is 432 g/mol. The molecule has 1 saturated carbocycles. The van der Waals surface area contributed by atoms with Crippen LogP contribution in [0.1, 0.15) is 52.4 Å². The average Bonchev–Trinajstić information content (AvgIpc) is 3.47. The fourth-order valence-corrected chi connectivity index (χ4v) is 5.30. The Morgan fingerprint density at radius 2 is 1.80 bits per heavy atom. The summed E-state index contributed by atoms with van der Waals surface area (Å²) in [6.07, 6.45) is 6.38. The number of piperazine rings is 1. The van der Waals surface area contributed by atoms with Gasteiger partial charge < -0.3 is 20.0 Å². The maximum atomic E-state index is 12.6. The highest BCUT2D eigenvalue weighted by molar-refractivity contribution is 7.19. The van der Waals surface area contributed by atoms with E-state index in [0.717, 1.165) is 63.5 Å². The number of hydrogen-bond acceptors (Lipinski definition) is 9. The van der Waals surface area contributed by atoms with Gasteiger partial charge in [0.1, 0.15) is 11.4 Å². The Morgan fingerprint density at radius 1 is 1.07 bits per heavy atom. The molecule has 1 aliphatic heterocycles. The zero-order valence-electron chi connectivity index (χ0n) is 18.0. The summed E-state index contributed by atoms with van der Waals surface area (Å²) < 4.78 is 0. The molecule has 2 aliphatic rings. The fourth-order valence-electron chi connectivity index (χ4n) is 4.36. The molecule has 1 aromatic heterocycles. The van der Waals surface area contributed by atoms with E-state index in [4.69, 9.17) is 0 Å². The van der Waals surface area contributed by atoms with Crippen LogP contribution in [0.4, 0.5) is 21.6 Å². The maximum absolute atomic E-state index is 12.6. The van der Waals surface area contributed by atoms with E-state index in [-0.39, 0.29) is 5.43 Å². The summed E-state index contributed by atoms with van der Waals surface area (Å²) in [7, 11) is 0.